The summed E-state index contributed by atoms with van der Waals surface area (Å²) in [6.45, 7) is 11.4. The molecule has 0 aliphatic carbocycles. The molecule has 0 bridgehead atoms. The van der Waals surface area contributed by atoms with Crippen molar-refractivity contribution in [3.05, 3.63) is 41.2 Å². The van der Waals surface area contributed by atoms with E-state index in [1.165, 1.54) is 12.0 Å². The fourth-order valence-electron chi connectivity index (χ4n) is 3.67. The molecule has 6 nitrogen and oxygen atoms in total. The van der Waals surface area contributed by atoms with Gasteiger partial charge in [0.2, 0.25) is 0 Å². The van der Waals surface area contributed by atoms with Crippen LogP contribution < -0.4 is 10.6 Å². The lowest BCUT2D eigenvalue weighted by Crippen LogP contribution is -2.38. The zero-order chi connectivity index (χ0) is 20.1. The summed E-state index contributed by atoms with van der Waals surface area (Å²) >= 11 is 0. The minimum Gasteiger partial charge on any atom is -0.350 e. The van der Waals surface area contributed by atoms with E-state index in [0.29, 0.717) is 18.2 Å². The van der Waals surface area contributed by atoms with E-state index in [2.05, 4.69) is 72.9 Å². The SMILES string of the molecule is CCCc1c(C(=O)NCC2CCCNC2)nnn1-c1ccc(C(C)(C)C)cc1.Cl. The van der Waals surface area contributed by atoms with E-state index in [1.807, 2.05) is 4.68 Å². The summed E-state index contributed by atoms with van der Waals surface area (Å²) in [6, 6.07) is 8.37. The summed E-state index contributed by atoms with van der Waals surface area (Å²) < 4.78 is 1.81. The Balaban J connectivity index is 0.00000300. The molecule has 1 aliphatic rings. The minimum atomic E-state index is -0.119. The van der Waals surface area contributed by atoms with Crippen LogP contribution in [-0.4, -0.2) is 40.5 Å². The Hall–Kier alpha value is -1.92. The van der Waals surface area contributed by atoms with E-state index in [9.17, 15) is 4.79 Å². The molecule has 1 aliphatic heterocycles. The molecule has 1 saturated heterocycles. The fraction of sp³-hybridized carbons (Fsp3) is 0.591. The van der Waals surface area contributed by atoms with Crippen LogP contribution >= 0.6 is 12.4 Å². The first kappa shape index (κ1) is 23.4. The van der Waals surface area contributed by atoms with Gasteiger partial charge < -0.3 is 10.6 Å². The van der Waals surface area contributed by atoms with Crippen molar-refractivity contribution in [1.29, 1.82) is 0 Å². The molecule has 2 heterocycles. The second-order valence-corrected chi connectivity index (χ2v) is 8.77. The summed E-state index contributed by atoms with van der Waals surface area (Å²) in [6.07, 6.45) is 4.02. The van der Waals surface area contributed by atoms with Gasteiger partial charge in [-0.25, -0.2) is 4.68 Å². The Bertz CT molecular complexity index is 789. The third-order valence-corrected chi connectivity index (χ3v) is 5.39. The number of nitrogens with one attached hydrogen (secondary N) is 2. The zero-order valence-electron chi connectivity index (χ0n) is 18.0. The predicted octanol–water partition coefficient (Wildman–Crippen LogP) is 3.67. The average molecular weight is 420 g/mol. The van der Waals surface area contributed by atoms with E-state index in [4.69, 9.17) is 0 Å². The van der Waals surface area contributed by atoms with Crippen molar-refractivity contribution in [3.63, 3.8) is 0 Å². The molecule has 160 valence electrons. The molecule has 0 radical (unpaired) electrons. The zero-order valence-corrected chi connectivity index (χ0v) is 18.8. The Morgan fingerprint density at radius 2 is 2.00 bits per heavy atom. The highest BCUT2D eigenvalue weighted by Crippen LogP contribution is 2.24. The van der Waals surface area contributed by atoms with Crippen molar-refractivity contribution in [2.75, 3.05) is 19.6 Å². The molecule has 7 heteroatoms. The molecule has 1 amide bonds. The number of rotatable bonds is 6. The third-order valence-electron chi connectivity index (χ3n) is 5.39. The highest BCUT2D eigenvalue weighted by Gasteiger charge is 2.22. The number of halogens is 1. The van der Waals surface area contributed by atoms with Gasteiger partial charge in [-0.15, -0.1) is 17.5 Å². The van der Waals surface area contributed by atoms with Crippen molar-refractivity contribution in [2.45, 2.75) is 58.8 Å². The van der Waals surface area contributed by atoms with E-state index in [0.717, 1.165) is 43.7 Å². The molecule has 2 aromatic rings. The van der Waals surface area contributed by atoms with Gasteiger partial charge in [0.05, 0.1) is 11.4 Å². The molecule has 0 spiro atoms. The Morgan fingerprint density at radius 3 is 2.59 bits per heavy atom. The molecule has 1 aromatic heterocycles. The molecule has 3 rings (SSSR count). The topological polar surface area (TPSA) is 71.8 Å². The van der Waals surface area contributed by atoms with Gasteiger partial charge in [-0.2, -0.15) is 0 Å². The van der Waals surface area contributed by atoms with E-state index in [-0.39, 0.29) is 23.7 Å². The maximum Gasteiger partial charge on any atom is 0.273 e. The Morgan fingerprint density at radius 1 is 1.28 bits per heavy atom. The number of carbonyl (C=O) groups is 1. The van der Waals surface area contributed by atoms with Crippen LogP contribution in [-0.2, 0) is 11.8 Å². The van der Waals surface area contributed by atoms with Gasteiger partial charge in [0.15, 0.2) is 5.69 Å². The molecule has 0 saturated carbocycles. The van der Waals surface area contributed by atoms with Gasteiger partial charge in [-0.1, -0.05) is 51.5 Å². The van der Waals surface area contributed by atoms with Crippen LogP contribution in [0.1, 0.15) is 68.7 Å². The number of amides is 1. The number of hydrogen-bond donors (Lipinski definition) is 2. The summed E-state index contributed by atoms with van der Waals surface area (Å²) in [5, 5.41) is 15.0. The van der Waals surface area contributed by atoms with E-state index >= 15 is 0 Å². The van der Waals surface area contributed by atoms with Gasteiger partial charge in [-0.3, -0.25) is 4.79 Å². The number of nitrogens with zero attached hydrogens (tertiary/aromatic N) is 3. The molecular formula is C22H34ClN5O. The number of hydrogen-bond acceptors (Lipinski definition) is 4. The smallest absolute Gasteiger partial charge is 0.273 e. The minimum absolute atomic E-state index is 0. The number of benzene rings is 1. The molecule has 1 aromatic carbocycles. The largest absolute Gasteiger partial charge is 0.350 e. The highest BCUT2D eigenvalue weighted by molar-refractivity contribution is 5.93. The lowest BCUT2D eigenvalue weighted by Gasteiger charge is -2.22. The maximum absolute atomic E-state index is 12.8. The van der Waals surface area contributed by atoms with Gasteiger partial charge in [0, 0.05) is 6.54 Å². The van der Waals surface area contributed by atoms with Crippen molar-refractivity contribution in [3.8, 4) is 5.69 Å². The van der Waals surface area contributed by atoms with E-state index < -0.39 is 0 Å². The molecule has 1 atom stereocenters. The average Bonchev–Trinajstić information content (AvgIpc) is 3.10. The second-order valence-electron chi connectivity index (χ2n) is 8.77. The van der Waals surface area contributed by atoms with Crippen LogP contribution in [0.15, 0.2) is 24.3 Å². The van der Waals surface area contributed by atoms with Crippen molar-refractivity contribution >= 4 is 18.3 Å². The third kappa shape index (κ3) is 5.80. The molecule has 1 unspecified atom stereocenters. The summed E-state index contributed by atoms with van der Waals surface area (Å²) in [4.78, 5) is 12.8. The summed E-state index contributed by atoms with van der Waals surface area (Å²) in [7, 11) is 0. The molecule has 2 N–H and O–H groups in total. The monoisotopic (exact) mass is 419 g/mol. The molecular weight excluding hydrogens is 386 g/mol. The molecule has 29 heavy (non-hydrogen) atoms. The van der Waals surface area contributed by atoms with Crippen LogP contribution in [0.5, 0.6) is 0 Å². The van der Waals surface area contributed by atoms with Crippen molar-refractivity contribution in [1.82, 2.24) is 25.6 Å². The lowest BCUT2D eigenvalue weighted by atomic mass is 9.87. The lowest BCUT2D eigenvalue weighted by molar-refractivity contribution is 0.0938. The first-order valence-corrected chi connectivity index (χ1v) is 10.4. The number of piperidine rings is 1. The predicted molar refractivity (Wildman–Crippen MR) is 119 cm³/mol. The van der Waals surface area contributed by atoms with Gasteiger partial charge in [-0.05, 0) is 61.4 Å². The van der Waals surface area contributed by atoms with Crippen LogP contribution in [0.2, 0.25) is 0 Å². The van der Waals surface area contributed by atoms with Crippen LogP contribution in [0.25, 0.3) is 5.69 Å². The van der Waals surface area contributed by atoms with Gasteiger partial charge >= 0.3 is 0 Å². The first-order chi connectivity index (χ1) is 13.4. The van der Waals surface area contributed by atoms with Gasteiger partial charge in [0.1, 0.15) is 0 Å². The van der Waals surface area contributed by atoms with E-state index in [1.54, 1.807) is 0 Å². The Labute approximate surface area is 180 Å². The summed E-state index contributed by atoms with van der Waals surface area (Å²) in [5.74, 6) is 0.374. The van der Waals surface area contributed by atoms with Crippen LogP contribution in [0, 0.1) is 5.92 Å². The van der Waals surface area contributed by atoms with Gasteiger partial charge in [0.25, 0.3) is 5.91 Å². The van der Waals surface area contributed by atoms with Crippen LogP contribution in [0.4, 0.5) is 0 Å². The van der Waals surface area contributed by atoms with Crippen LogP contribution in [0.3, 0.4) is 0 Å². The highest BCUT2D eigenvalue weighted by atomic mass is 35.5. The van der Waals surface area contributed by atoms with Crippen molar-refractivity contribution < 1.29 is 4.79 Å². The normalized spacial score (nSPS) is 16.9. The Kier molecular flexibility index (Phi) is 8.23. The standard InChI is InChI=1S/C22H33N5O.ClH/c1-5-7-19-20(21(28)24-15-16-8-6-13-23-14-16)25-26-27(19)18-11-9-17(10-12-18)22(2,3)4;/h9-12,16,23H,5-8,13-15H2,1-4H3,(H,24,28);1H. The quantitative estimate of drug-likeness (QED) is 0.749. The first-order valence-electron chi connectivity index (χ1n) is 10.4. The number of aromatic nitrogens is 3. The fourth-order valence-corrected chi connectivity index (χ4v) is 3.67. The number of carbonyl (C=O) groups excluding carboxylic acids is 1. The maximum atomic E-state index is 12.8. The van der Waals surface area contributed by atoms with Crippen molar-refractivity contribution in [2.24, 2.45) is 5.92 Å². The molecule has 1 fully saturated rings. The second kappa shape index (κ2) is 10.2. The summed E-state index contributed by atoms with van der Waals surface area (Å²) in [5.41, 5.74) is 3.65.